The first-order valence-corrected chi connectivity index (χ1v) is 10.6. The van der Waals surface area contributed by atoms with Crippen molar-refractivity contribution in [3.8, 4) is 5.75 Å². The number of aromatic nitrogens is 3. The first kappa shape index (κ1) is 20.8. The van der Waals surface area contributed by atoms with E-state index in [-0.39, 0.29) is 28.5 Å². The molecule has 0 aliphatic carbocycles. The van der Waals surface area contributed by atoms with Crippen LogP contribution < -0.4 is 16.0 Å². The van der Waals surface area contributed by atoms with Crippen LogP contribution in [0.15, 0.2) is 39.9 Å². The van der Waals surface area contributed by atoms with Gasteiger partial charge in [-0.25, -0.2) is 9.78 Å². The molecule has 1 aliphatic rings. The number of likely N-dealkylation sites (tertiary alicyclic amines) is 1. The standard InChI is InChI=1S/C23H26N4O4/c1-4-15-13-17(19-20(24-15)26(3)23(30)25-21(19)28)22(29)27-12-6-7-18(27)14-8-10-16(11-9-14)31-5-2/h8-11,13,18H,4-7,12H2,1-3H3,(H,25,28,30)/t18-/m0/s1. The minimum atomic E-state index is -0.589. The lowest BCUT2D eigenvalue weighted by atomic mass is 10.0. The summed E-state index contributed by atoms with van der Waals surface area (Å²) in [5.74, 6) is 0.574. The van der Waals surface area contributed by atoms with E-state index in [1.54, 1.807) is 13.1 Å². The molecule has 0 radical (unpaired) electrons. The van der Waals surface area contributed by atoms with Crippen LogP contribution in [0, 0.1) is 0 Å². The van der Waals surface area contributed by atoms with Crippen molar-refractivity contribution in [1.82, 2.24) is 19.4 Å². The van der Waals surface area contributed by atoms with E-state index in [4.69, 9.17) is 4.74 Å². The molecule has 0 unspecified atom stereocenters. The molecule has 1 fully saturated rings. The molecule has 0 bridgehead atoms. The van der Waals surface area contributed by atoms with Crippen molar-refractivity contribution in [2.75, 3.05) is 13.2 Å². The molecule has 1 amide bonds. The molecule has 1 atom stereocenters. The van der Waals surface area contributed by atoms with E-state index < -0.39 is 11.2 Å². The van der Waals surface area contributed by atoms with E-state index in [1.807, 2.05) is 43.0 Å². The largest absolute Gasteiger partial charge is 0.494 e. The Balaban J connectivity index is 1.79. The van der Waals surface area contributed by atoms with Gasteiger partial charge in [0, 0.05) is 19.3 Å². The summed E-state index contributed by atoms with van der Waals surface area (Å²) in [6.07, 6.45) is 2.31. The van der Waals surface area contributed by atoms with Crippen LogP contribution in [0.4, 0.5) is 0 Å². The fraction of sp³-hybridized carbons (Fsp3) is 0.391. The normalized spacial score (nSPS) is 16.1. The lowest BCUT2D eigenvalue weighted by molar-refractivity contribution is 0.0737. The van der Waals surface area contributed by atoms with Crippen molar-refractivity contribution < 1.29 is 9.53 Å². The number of fused-ring (bicyclic) bond motifs is 1. The number of nitrogens with one attached hydrogen (secondary N) is 1. The minimum absolute atomic E-state index is 0.0805. The maximum Gasteiger partial charge on any atom is 0.329 e. The summed E-state index contributed by atoms with van der Waals surface area (Å²) in [6.45, 7) is 5.06. The fourth-order valence-electron chi connectivity index (χ4n) is 4.20. The predicted molar refractivity (Wildman–Crippen MR) is 118 cm³/mol. The summed E-state index contributed by atoms with van der Waals surface area (Å²) >= 11 is 0. The van der Waals surface area contributed by atoms with Gasteiger partial charge in [-0.15, -0.1) is 0 Å². The number of hydrogen-bond acceptors (Lipinski definition) is 5. The third kappa shape index (κ3) is 3.73. The fourth-order valence-corrected chi connectivity index (χ4v) is 4.20. The van der Waals surface area contributed by atoms with E-state index in [0.29, 0.717) is 25.3 Å². The summed E-state index contributed by atoms with van der Waals surface area (Å²) < 4.78 is 6.80. The Labute approximate surface area is 179 Å². The van der Waals surface area contributed by atoms with E-state index in [0.717, 1.165) is 24.2 Å². The van der Waals surface area contributed by atoms with E-state index in [9.17, 15) is 14.4 Å². The first-order chi connectivity index (χ1) is 14.9. The summed E-state index contributed by atoms with van der Waals surface area (Å²) in [5, 5.41) is 0.154. The van der Waals surface area contributed by atoms with Crippen LogP contribution in [0.25, 0.3) is 11.0 Å². The van der Waals surface area contributed by atoms with Gasteiger partial charge in [-0.1, -0.05) is 19.1 Å². The van der Waals surface area contributed by atoms with E-state index >= 15 is 0 Å². The summed E-state index contributed by atoms with van der Waals surface area (Å²) in [5.41, 5.74) is 1.07. The van der Waals surface area contributed by atoms with E-state index in [1.165, 1.54) is 4.57 Å². The SMILES string of the molecule is CCOc1ccc([C@@H]2CCCN2C(=O)c2cc(CC)nc3c2c(=O)[nH]c(=O)n3C)cc1. The Morgan fingerprint density at radius 1 is 1.23 bits per heavy atom. The highest BCUT2D eigenvalue weighted by molar-refractivity contribution is 6.05. The molecule has 3 aromatic rings. The van der Waals surface area contributed by atoms with Crippen molar-refractivity contribution in [2.24, 2.45) is 7.05 Å². The molecule has 8 nitrogen and oxygen atoms in total. The van der Waals surface area contributed by atoms with Crippen LogP contribution in [-0.2, 0) is 13.5 Å². The van der Waals surface area contributed by atoms with Crippen LogP contribution in [0.1, 0.15) is 54.3 Å². The molecule has 1 saturated heterocycles. The Kier molecular flexibility index (Phi) is 5.63. The Morgan fingerprint density at radius 3 is 2.65 bits per heavy atom. The molecule has 3 heterocycles. The number of hydrogen-bond donors (Lipinski definition) is 1. The van der Waals surface area contributed by atoms with Gasteiger partial charge in [0.25, 0.3) is 11.5 Å². The van der Waals surface area contributed by atoms with Crippen molar-refractivity contribution in [3.63, 3.8) is 0 Å². The molecule has 0 saturated carbocycles. The van der Waals surface area contributed by atoms with Crippen molar-refractivity contribution in [1.29, 1.82) is 0 Å². The number of benzene rings is 1. The molecule has 4 rings (SSSR count). The molecular weight excluding hydrogens is 396 g/mol. The highest BCUT2D eigenvalue weighted by Gasteiger charge is 2.32. The number of nitrogens with zero attached hydrogens (tertiary/aromatic N) is 3. The van der Waals surface area contributed by atoms with Gasteiger partial charge in [0.15, 0.2) is 0 Å². The van der Waals surface area contributed by atoms with Crippen LogP contribution in [-0.4, -0.2) is 38.5 Å². The Bertz CT molecular complexity index is 1240. The zero-order chi connectivity index (χ0) is 22.1. The smallest absolute Gasteiger partial charge is 0.329 e. The second-order valence-corrected chi connectivity index (χ2v) is 7.69. The average Bonchev–Trinajstić information content (AvgIpc) is 3.27. The van der Waals surface area contributed by atoms with Gasteiger partial charge in [-0.05, 0) is 49.9 Å². The van der Waals surface area contributed by atoms with Crippen LogP contribution in [0.5, 0.6) is 5.75 Å². The highest BCUT2D eigenvalue weighted by atomic mass is 16.5. The summed E-state index contributed by atoms with van der Waals surface area (Å²) in [7, 11) is 1.54. The lowest BCUT2D eigenvalue weighted by Gasteiger charge is -2.26. The van der Waals surface area contributed by atoms with Gasteiger partial charge in [-0.2, -0.15) is 0 Å². The van der Waals surface area contributed by atoms with Crippen LogP contribution in [0.2, 0.25) is 0 Å². The first-order valence-electron chi connectivity index (χ1n) is 10.6. The zero-order valence-corrected chi connectivity index (χ0v) is 18.0. The number of aryl methyl sites for hydroxylation is 2. The number of carbonyl (C=O) groups is 1. The summed E-state index contributed by atoms with van der Waals surface area (Å²) in [4.78, 5) is 46.9. The van der Waals surface area contributed by atoms with Gasteiger partial charge in [0.1, 0.15) is 11.4 Å². The number of carbonyl (C=O) groups excluding carboxylic acids is 1. The minimum Gasteiger partial charge on any atom is -0.494 e. The summed E-state index contributed by atoms with van der Waals surface area (Å²) in [6, 6.07) is 9.40. The predicted octanol–water partition coefficient (Wildman–Crippen LogP) is 2.56. The maximum atomic E-state index is 13.7. The highest BCUT2D eigenvalue weighted by Crippen LogP contribution is 2.34. The Hall–Kier alpha value is -3.42. The molecule has 1 aromatic carbocycles. The topological polar surface area (TPSA) is 97.3 Å². The van der Waals surface area contributed by atoms with Crippen LogP contribution in [0.3, 0.4) is 0 Å². The molecular formula is C23H26N4O4. The monoisotopic (exact) mass is 422 g/mol. The van der Waals surface area contributed by atoms with Crippen LogP contribution >= 0.6 is 0 Å². The molecule has 1 aliphatic heterocycles. The third-order valence-electron chi connectivity index (χ3n) is 5.81. The van der Waals surface area contributed by atoms with Crippen molar-refractivity contribution in [2.45, 2.75) is 39.2 Å². The lowest BCUT2D eigenvalue weighted by Crippen LogP contribution is -2.34. The van der Waals surface area contributed by atoms with E-state index in [2.05, 4.69) is 9.97 Å². The van der Waals surface area contributed by atoms with Crippen molar-refractivity contribution >= 4 is 16.9 Å². The number of ether oxygens (including phenoxy) is 1. The third-order valence-corrected chi connectivity index (χ3v) is 5.81. The quantitative estimate of drug-likeness (QED) is 0.682. The molecule has 2 aromatic heterocycles. The van der Waals surface area contributed by atoms with Crippen molar-refractivity contribution in [3.05, 3.63) is 68.0 Å². The molecule has 0 spiro atoms. The van der Waals surface area contributed by atoms with Gasteiger partial charge in [-0.3, -0.25) is 19.1 Å². The van der Waals surface area contributed by atoms with Gasteiger partial charge in [0.05, 0.1) is 23.6 Å². The number of aromatic amines is 1. The average molecular weight is 422 g/mol. The molecule has 8 heteroatoms. The second kappa shape index (κ2) is 8.37. The number of pyridine rings is 1. The van der Waals surface area contributed by atoms with Gasteiger partial charge < -0.3 is 9.64 Å². The van der Waals surface area contributed by atoms with Gasteiger partial charge >= 0.3 is 5.69 Å². The van der Waals surface area contributed by atoms with Gasteiger partial charge in [0.2, 0.25) is 0 Å². The molecule has 162 valence electrons. The zero-order valence-electron chi connectivity index (χ0n) is 18.0. The number of amides is 1. The second-order valence-electron chi connectivity index (χ2n) is 7.69. The molecule has 1 N–H and O–H groups in total. The number of rotatable bonds is 5. The number of H-pyrrole nitrogens is 1. The maximum absolute atomic E-state index is 13.7. The molecule has 31 heavy (non-hydrogen) atoms. The Morgan fingerprint density at radius 2 is 1.97 bits per heavy atom.